The molecule has 1 aliphatic heterocycles. The van der Waals surface area contributed by atoms with Crippen LogP contribution in [-0.2, 0) is 26.9 Å². The van der Waals surface area contributed by atoms with E-state index in [1.54, 1.807) is 13.2 Å². The minimum atomic E-state index is -3.98. The highest BCUT2D eigenvalue weighted by atomic mass is 32.2. The van der Waals surface area contributed by atoms with Gasteiger partial charge in [-0.2, -0.15) is 4.31 Å². The summed E-state index contributed by atoms with van der Waals surface area (Å²) in [5, 5.41) is -0.733. The van der Waals surface area contributed by atoms with E-state index in [-0.39, 0.29) is 36.0 Å². The zero-order chi connectivity index (χ0) is 18.2. The van der Waals surface area contributed by atoms with Crippen molar-refractivity contribution in [2.45, 2.75) is 28.1 Å². The Morgan fingerprint density at radius 1 is 1.12 bits per heavy atom. The summed E-state index contributed by atoms with van der Waals surface area (Å²) in [6.45, 7) is 0.0377. The summed E-state index contributed by atoms with van der Waals surface area (Å²) < 4.78 is 66.8. The second-order valence-corrected chi connectivity index (χ2v) is 9.93. The minimum Gasteiger partial charge on any atom is -0.325 e. The largest absolute Gasteiger partial charge is 0.325 e. The molecule has 2 heterocycles. The summed E-state index contributed by atoms with van der Waals surface area (Å²) in [5.74, 6) is -0.815. The molecular weight excluding hydrogens is 369 g/mol. The van der Waals surface area contributed by atoms with Gasteiger partial charge in [0.25, 0.3) is 0 Å². The van der Waals surface area contributed by atoms with Crippen molar-refractivity contribution < 1.29 is 21.2 Å². The molecule has 136 valence electrons. The minimum absolute atomic E-state index is 0.0188. The van der Waals surface area contributed by atoms with Gasteiger partial charge in [0.15, 0.2) is 0 Å². The molecule has 10 heteroatoms. The lowest BCUT2D eigenvalue weighted by Gasteiger charge is -2.30. The van der Waals surface area contributed by atoms with Crippen LogP contribution in [-0.4, -0.2) is 49.0 Å². The number of aryl methyl sites for hydroxylation is 1. The molecule has 0 N–H and O–H groups in total. The molecular formula is C15H18FN3O4S2. The molecule has 0 amide bonds. The van der Waals surface area contributed by atoms with Gasteiger partial charge >= 0.3 is 0 Å². The summed E-state index contributed by atoms with van der Waals surface area (Å²) in [6, 6.07) is 5.17. The summed E-state index contributed by atoms with van der Waals surface area (Å²) in [7, 11) is -6.02. The van der Waals surface area contributed by atoms with E-state index >= 15 is 0 Å². The fourth-order valence-electron chi connectivity index (χ4n) is 2.95. The Labute approximate surface area is 146 Å². The van der Waals surface area contributed by atoms with Crippen molar-refractivity contribution in [2.24, 2.45) is 7.05 Å². The Bertz CT molecular complexity index is 978. The fourth-order valence-corrected chi connectivity index (χ4v) is 6.29. The Morgan fingerprint density at radius 2 is 1.76 bits per heavy atom. The number of benzene rings is 1. The molecule has 0 bridgehead atoms. The number of sulfonamides is 1. The highest BCUT2D eigenvalue weighted by Crippen LogP contribution is 2.27. The fraction of sp³-hybridized carbons (Fsp3) is 0.400. The molecule has 1 aliphatic rings. The third-order valence-electron chi connectivity index (χ3n) is 4.33. The number of sulfone groups is 1. The van der Waals surface area contributed by atoms with Gasteiger partial charge in [-0.1, -0.05) is 12.1 Å². The van der Waals surface area contributed by atoms with Crippen molar-refractivity contribution in [3.05, 3.63) is 42.5 Å². The first-order chi connectivity index (χ1) is 11.7. The molecule has 2 aromatic rings. The Kier molecular flexibility index (Phi) is 4.69. The smallest absolute Gasteiger partial charge is 0.245 e. The second-order valence-electron chi connectivity index (χ2n) is 5.90. The van der Waals surface area contributed by atoms with E-state index in [0.29, 0.717) is 0 Å². The van der Waals surface area contributed by atoms with Gasteiger partial charge in [0.05, 0.1) is 5.25 Å². The molecule has 1 aromatic carbocycles. The van der Waals surface area contributed by atoms with Gasteiger partial charge in [-0.3, -0.25) is 0 Å². The van der Waals surface area contributed by atoms with Crippen molar-refractivity contribution >= 4 is 19.9 Å². The predicted molar refractivity (Wildman–Crippen MR) is 88.6 cm³/mol. The monoisotopic (exact) mass is 387 g/mol. The van der Waals surface area contributed by atoms with Crippen LogP contribution in [0.25, 0.3) is 0 Å². The molecule has 0 saturated carbocycles. The number of imidazole rings is 1. The summed E-state index contributed by atoms with van der Waals surface area (Å²) >= 11 is 0. The van der Waals surface area contributed by atoms with Crippen LogP contribution in [0.2, 0.25) is 0 Å². The van der Waals surface area contributed by atoms with Crippen LogP contribution < -0.4 is 0 Å². The van der Waals surface area contributed by atoms with Gasteiger partial charge in [-0.15, -0.1) is 0 Å². The highest BCUT2D eigenvalue weighted by Gasteiger charge is 2.37. The molecule has 0 spiro atoms. The summed E-state index contributed by atoms with van der Waals surface area (Å²) in [6.07, 6.45) is 3.24. The topological polar surface area (TPSA) is 89.3 Å². The predicted octanol–water partition coefficient (Wildman–Crippen LogP) is 1.19. The van der Waals surface area contributed by atoms with Gasteiger partial charge in [-0.25, -0.2) is 26.2 Å². The quantitative estimate of drug-likeness (QED) is 0.786. The molecule has 1 saturated heterocycles. The summed E-state index contributed by atoms with van der Waals surface area (Å²) in [5.41, 5.74) is 0. The zero-order valence-electron chi connectivity index (χ0n) is 13.5. The second kappa shape index (κ2) is 6.50. The third kappa shape index (κ3) is 3.21. The van der Waals surface area contributed by atoms with Crippen LogP contribution in [0, 0.1) is 5.82 Å². The first-order valence-corrected chi connectivity index (χ1v) is 10.7. The first-order valence-electron chi connectivity index (χ1n) is 7.70. The number of aromatic nitrogens is 2. The van der Waals surface area contributed by atoms with E-state index in [4.69, 9.17) is 0 Å². The van der Waals surface area contributed by atoms with Crippen molar-refractivity contribution in [3.8, 4) is 0 Å². The van der Waals surface area contributed by atoms with Gasteiger partial charge in [-0.05, 0) is 25.0 Å². The highest BCUT2D eigenvalue weighted by molar-refractivity contribution is 7.92. The molecule has 0 unspecified atom stereocenters. The Balaban J connectivity index is 1.79. The molecule has 3 rings (SSSR count). The molecule has 1 fully saturated rings. The Hall–Kier alpha value is -1.78. The van der Waals surface area contributed by atoms with E-state index in [9.17, 15) is 21.2 Å². The van der Waals surface area contributed by atoms with Crippen LogP contribution in [0.4, 0.5) is 4.39 Å². The lowest BCUT2D eigenvalue weighted by atomic mass is 10.2. The molecule has 7 nitrogen and oxygen atoms in total. The van der Waals surface area contributed by atoms with Crippen LogP contribution in [0.1, 0.15) is 12.8 Å². The van der Waals surface area contributed by atoms with Gasteiger partial charge in [0.2, 0.25) is 25.0 Å². The summed E-state index contributed by atoms with van der Waals surface area (Å²) in [4.78, 5) is 3.49. The van der Waals surface area contributed by atoms with Crippen molar-refractivity contribution in [1.82, 2.24) is 13.9 Å². The van der Waals surface area contributed by atoms with E-state index in [0.717, 1.165) is 10.4 Å². The molecule has 0 aliphatic carbocycles. The molecule has 25 heavy (non-hydrogen) atoms. The maximum atomic E-state index is 13.8. The number of rotatable bonds is 4. The number of hydrogen-bond donors (Lipinski definition) is 0. The number of piperidine rings is 1. The molecule has 1 aromatic heterocycles. The number of halogens is 1. The third-order valence-corrected chi connectivity index (χ3v) is 8.51. The van der Waals surface area contributed by atoms with Gasteiger partial charge in [0.1, 0.15) is 10.7 Å². The van der Waals surface area contributed by atoms with Gasteiger partial charge < -0.3 is 4.57 Å². The maximum absolute atomic E-state index is 13.8. The van der Waals surface area contributed by atoms with E-state index < -0.39 is 30.9 Å². The van der Waals surface area contributed by atoms with Crippen molar-refractivity contribution in [1.29, 1.82) is 0 Å². The number of nitrogens with zero attached hydrogens (tertiary/aromatic N) is 3. The lowest BCUT2D eigenvalue weighted by Crippen LogP contribution is -2.43. The molecule has 0 atom stereocenters. The Morgan fingerprint density at radius 3 is 2.32 bits per heavy atom. The van der Waals surface area contributed by atoms with Gasteiger partial charge in [0, 0.05) is 32.5 Å². The van der Waals surface area contributed by atoms with Crippen LogP contribution in [0.3, 0.4) is 0 Å². The average molecular weight is 387 g/mol. The maximum Gasteiger partial charge on any atom is 0.245 e. The van der Waals surface area contributed by atoms with E-state index in [1.165, 1.54) is 29.0 Å². The van der Waals surface area contributed by atoms with Crippen LogP contribution in [0.5, 0.6) is 0 Å². The average Bonchev–Trinajstić information content (AvgIpc) is 3.02. The standard InChI is InChI=1S/C15H18FN3O4S2/c1-18-11-8-17-15(18)24(20,21)12-6-9-19(10-7-12)25(22,23)14-5-3-2-4-13(14)16/h2-5,8,11-12H,6-7,9-10H2,1H3. The van der Waals surface area contributed by atoms with E-state index in [2.05, 4.69) is 4.98 Å². The van der Waals surface area contributed by atoms with Crippen molar-refractivity contribution in [3.63, 3.8) is 0 Å². The van der Waals surface area contributed by atoms with Crippen molar-refractivity contribution in [2.75, 3.05) is 13.1 Å². The van der Waals surface area contributed by atoms with E-state index in [1.807, 2.05) is 0 Å². The normalized spacial score (nSPS) is 17.7. The lowest BCUT2D eigenvalue weighted by molar-refractivity contribution is 0.343. The van der Waals surface area contributed by atoms with Crippen LogP contribution >= 0.6 is 0 Å². The number of hydrogen-bond acceptors (Lipinski definition) is 5. The van der Waals surface area contributed by atoms with Crippen LogP contribution in [0.15, 0.2) is 46.7 Å². The zero-order valence-corrected chi connectivity index (χ0v) is 15.2. The molecule has 0 radical (unpaired) electrons. The SMILES string of the molecule is Cn1ccnc1S(=O)(=O)C1CCN(S(=O)(=O)c2ccccc2F)CC1. The first kappa shape index (κ1) is 18.0.